The fourth-order valence-corrected chi connectivity index (χ4v) is 3.09. The van der Waals surface area contributed by atoms with Gasteiger partial charge in [-0.3, -0.25) is 9.59 Å². The summed E-state index contributed by atoms with van der Waals surface area (Å²) in [7, 11) is -3.79. The molecule has 0 aromatic carbocycles. The summed E-state index contributed by atoms with van der Waals surface area (Å²) in [4.78, 5) is 21.9. The molecule has 8 heteroatoms. The standard InChI is InChI=1S/C11H21NO6S/c1-4-9(3)12(8-10(13)14)19(16,17)7-6-11(15)18-5-2/h9H,4-8H2,1-3H3,(H,13,14). The fourth-order valence-electron chi connectivity index (χ4n) is 1.43. The normalized spacial score (nSPS) is 13.3. The second-order valence-corrected chi connectivity index (χ2v) is 6.11. The van der Waals surface area contributed by atoms with Crippen LogP contribution in [0.1, 0.15) is 33.6 Å². The third kappa shape index (κ3) is 6.53. The molecule has 1 unspecified atom stereocenters. The number of ether oxygens (including phenoxy) is 1. The number of carboxylic acids is 1. The third-order valence-corrected chi connectivity index (χ3v) is 4.52. The van der Waals surface area contributed by atoms with Gasteiger partial charge in [0, 0.05) is 6.04 Å². The van der Waals surface area contributed by atoms with E-state index in [9.17, 15) is 18.0 Å². The summed E-state index contributed by atoms with van der Waals surface area (Å²) in [5.41, 5.74) is 0. The van der Waals surface area contributed by atoms with Gasteiger partial charge in [-0.1, -0.05) is 6.92 Å². The summed E-state index contributed by atoms with van der Waals surface area (Å²) >= 11 is 0. The van der Waals surface area contributed by atoms with Gasteiger partial charge in [0.25, 0.3) is 0 Å². The highest BCUT2D eigenvalue weighted by atomic mass is 32.2. The lowest BCUT2D eigenvalue weighted by Crippen LogP contribution is -2.43. The first kappa shape index (κ1) is 17.8. The van der Waals surface area contributed by atoms with Gasteiger partial charge in [0.2, 0.25) is 10.0 Å². The lowest BCUT2D eigenvalue weighted by Gasteiger charge is -2.25. The summed E-state index contributed by atoms with van der Waals surface area (Å²) < 4.78 is 29.6. The van der Waals surface area contributed by atoms with Gasteiger partial charge in [-0.05, 0) is 20.3 Å². The van der Waals surface area contributed by atoms with Crippen molar-refractivity contribution in [1.29, 1.82) is 0 Å². The Kier molecular flexibility index (Phi) is 7.62. The minimum atomic E-state index is -3.79. The molecule has 0 saturated heterocycles. The van der Waals surface area contributed by atoms with Gasteiger partial charge in [0.05, 0.1) is 18.8 Å². The molecule has 0 radical (unpaired) electrons. The summed E-state index contributed by atoms with van der Waals surface area (Å²) in [5.74, 6) is -2.27. The van der Waals surface area contributed by atoms with Crippen LogP contribution in [0.2, 0.25) is 0 Å². The van der Waals surface area contributed by atoms with Crippen LogP contribution in [0, 0.1) is 0 Å². The molecule has 0 bridgehead atoms. The molecular formula is C11H21NO6S. The Labute approximate surface area is 113 Å². The summed E-state index contributed by atoms with van der Waals surface area (Å²) in [6.07, 6.45) is 0.217. The van der Waals surface area contributed by atoms with Crippen LogP contribution in [0.4, 0.5) is 0 Å². The summed E-state index contributed by atoms with van der Waals surface area (Å²) in [6, 6.07) is -0.428. The van der Waals surface area contributed by atoms with Gasteiger partial charge in [-0.15, -0.1) is 0 Å². The van der Waals surface area contributed by atoms with Gasteiger partial charge in [0.15, 0.2) is 0 Å². The van der Waals surface area contributed by atoms with E-state index in [0.717, 1.165) is 4.31 Å². The van der Waals surface area contributed by atoms with Gasteiger partial charge in [-0.25, -0.2) is 8.42 Å². The first-order valence-electron chi connectivity index (χ1n) is 6.11. The van der Waals surface area contributed by atoms with E-state index in [2.05, 4.69) is 4.74 Å². The van der Waals surface area contributed by atoms with Crippen LogP contribution in [-0.2, 0) is 24.3 Å². The van der Waals surface area contributed by atoms with Crippen LogP contribution in [0.3, 0.4) is 0 Å². The van der Waals surface area contributed by atoms with Crippen LogP contribution in [0.15, 0.2) is 0 Å². The van der Waals surface area contributed by atoms with E-state index in [4.69, 9.17) is 5.11 Å². The van der Waals surface area contributed by atoms with E-state index < -0.39 is 40.3 Å². The number of hydrogen-bond acceptors (Lipinski definition) is 5. The summed E-state index contributed by atoms with van der Waals surface area (Å²) in [6.45, 7) is 4.61. The van der Waals surface area contributed by atoms with Crippen molar-refractivity contribution in [2.24, 2.45) is 0 Å². The Morgan fingerprint density at radius 2 is 1.89 bits per heavy atom. The van der Waals surface area contributed by atoms with Crippen molar-refractivity contribution in [2.45, 2.75) is 39.7 Å². The van der Waals surface area contributed by atoms with Crippen LogP contribution in [0.5, 0.6) is 0 Å². The number of carboxylic acid groups (broad SMARTS) is 1. The highest BCUT2D eigenvalue weighted by molar-refractivity contribution is 7.89. The minimum absolute atomic E-state index is 0.184. The lowest BCUT2D eigenvalue weighted by atomic mass is 10.2. The van der Waals surface area contributed by atoms with Crippen LogP contribution in [0.25, 0.3) is 0 Å². The zero-order chi connectivity index (χ0) is 15.1. The molecule has 1 atom stereocenters. The Balaban J connectivity index is 4.79. The molecule has 0 aromatic rings. The molecule has 0 aliphatic carbocycles. The van der Waals surface area contributed by atoms with Gasteiger partial charge >= 0.3 is 11.9 Å². The van der Waals surface area contributed by atoms with E-state index in [1.807, 2.05) is 0 Å². The Hall–Kier alpha value is -1.15. The van der Waals surface area contributed by atoms with Crippen LogP contribution in [-0.4, -0.2) is 54.7 Å². The van der Waals surface area contributed by atoms with Crippen LogP contribution >= 0.6 is 0 Å². The number of hydrogen-bond donors (Lipinski definition) is 1. The molecule has 0 saturated carbocycles. The van der Waals surface area contributed by atoms with Gasteiger partial charge < -0.3 is 9.84 Å². The van der Waals surface area contributed by atoms with Gasteiger partial charge in [0.1, 0.15) is 6.54 Å². The molecular weight excluding hydrogens is 274 g/mol. The van der Waals surface area contributed by atoms with Crippen molar-refractivity contribution in [3.63, 3.8) is 0 Å². The van der Waals surface area contributed by atoms with Gasteiger partial charge in [-0.2, -0.15) is 4.31 Å². The quantitative estimate of drug-likeness (QED) is 0.620. The number of carbonyl (C=O) groups excluding carboxylic acids is 1. The topological polar surface area (TPSA) is 101 Å². The largest absolute Gasteiger partial charge is 0.480 e. The lowest BCUT2D eigenvalue weighted by molar-refractivity contribution is -0.142. The molecule has 7 nitrogen and oxygen atoms in total. The number of nitrogens with zero attached hydrogens (tertiary/aromatic N) is 1. The third-order valence-electron chi connectivity index (χ3n) is 2.60. The molecule has 112 valence electrons. The monoisotopic (exact) mass is 295 g/mol. The zero-order valence-corrected chi connectivity index (χ0v) is 12.3. The van der Waals surface area contributed by atoms with E-state index in [-0.39, 0.29) is 13.0 Å². The Morgan fingerprint density at radius 3 is 2.32 bits per heavy atom. The number of sulfonamides is 1. The van der Waals surface area contributed by atoms with E-state index in [0.29, 0.717) is 6.42 Å². The molecule has 0 aromatic heterocycles. The molecule has 0 amide bonds. The molecule has 0 aliphatic rings. The Morgan fingerprint density at radius 1 is 1.32 bits per heavy atom. The molecule has 0 fully saturated rings. The predicted octanol–water partition coefficient (Wildman–Crippen LogP) is 0.454. The van der Waals surface area contributed by atoms with Crippen molar-refractivity contribution < 1.29 is 27.9 Å². The minimum Gasteiger partial charge on any atom is -0.480 e. The van der Waals surface area contributed by atoms with Crippen LogP contribution < -0.4 is 0 Å². The molecule has 0 heterocycles. The highest BCUT2D eigenvalue weighted by Gasteiger charge is 2.29. The Bertz CT molecular complexity index is 405. The molecule has 0 rings (SSSR count). The molecule has 0 spiro atoms. The molecule has 1 N–H and O–H groups in total. The van der Waals surface area contributed by atoms with E-state index in [1.54, 1.807) is 20.8 Å². The number of esters is 1. The maximum absolute atomic E-state index is 12.0. The maximum atomic E-state index is 12.0. The van der Waals surface area contributed by atoms with Crippen molar-refractivity contribution in [3.05, 3.63) is 0 Å². The van der Waals surface area contributed by atoms with E-state index in [1.165, 1.54) is 0 Å². The second-order valence-electron chi connectivity index (χ2n) is 4.07. The predicted molar refractivity (Wildman–Crippen MR) is 69.1 cm³/mol. The first-order chi connectivity index (χ1) is 8.74. The first-order valence-corrected chi connectivity index (χ1v) is 7.72. The average Bonchev–Trinajstić information content (AvgIpc) is 2.33. The van der Waals surface area contributed by atoms with Crippen molar-refractivity contribution in [1.82, 2.24) is 4.31 Å². The van der Waals surface area contributed by atoms with Crippen molar-refractivity contribution in [3.8, 4) is 0 Å². The van der Waals surface area contributed by atoms with Crippen molar-refractivity contribution in [2.75, 3.05) is 18.9 Å². The highest BCUT2D eigenvalue weighted by Crippen LogP contribution is 2.12. The fraction of sp³-hybridized carbons (Fsp3) is 0.818. The second kappa shape index (κ2) is 8.11. The smallest absolute Gasteiger partial charge is 0.318 e. The maximum Gasteiger partial charge on any atom is 0.318 e. The molecule has 19 heavy (non-hydrogen) atoms. The van der Waals surface area contributed by atoms with E-state index >= 15 is 0 Å². The van der Waals surface area contributed by atoms with Crippen molar-refractivity contribution >= 4 is 22.0 Å². The number of rotatable bonds is 9. The summed E-state index contributed by atoms with van der Waals surface area (Å²) in [5, 5.41) is 8.76. The SMILES string of the molecule is CCOC(=O)CCS(=O)(=O)N(CC(=O)O)C(C)CC. The number of carbonyl (C=O) groups is 2. The average molecular weight is 295 g/mol. The molecule has 0 aliphatic heterocycles. The zero-order valence-electron chi connectivity index (χ0n) is 11.5. The number of aliphatic carboxylic acids is 1.